The van der Waals surface area contributed by atoms with Gasteiger partial charge in [0.1, 0.15) is 0 Å². The highest BCUT2D eigenvalue weighted by atomic mass is 32.2. The van der Waals surface area contributed by atoms with Gasteiger partial charge in [0.15, 0.2) is 5.69 Å². The van der Waals surface area contributed by atoms with Gasteiger partial charge in [-0.05, 0) is 38.8 Å². The molecule has 1 aromatic heterocycles. The zero-order valence-electron chi connectivity index (χ0n) is 16.6. The van der Waals surface area contributed by atoms with Gasteiger partial charge in [-0.1, -0.05) is 17.7 Å². The van der Waals surface area contributed by atoms with Crippen LogP contribution in [0, 0.1) is 6.92 Å². The molecule has 1 saturated heterocycles. The van der Waals surface area contributed by atoms with E-state index in [0.717, 1.165) is 11.8 Å². The maximum absolute atomic E-state index is 13.8. The molecule has 0 bridgehead atoms. The Labute approximate surface area is 172 Å². The van der Waals surface area contributed by atoms with E-state index in [-0.39, 0.29) is 24.5 Å². The third-order valence-electron chi connectivity index (χ3n) is 5.11. The van der Waals surface area contributed by atoms with E-state index in [2.05, 4.69) is 10.4 Å². The zero-order chi connectivity index (χ0) is 22.1. The van der Waals surface area contributed by atoms with Crippen molar-refractivity contribution < 1.29 is 26.4 Å². The van der Waals surface area contributed by atoms with Crippen LogP contribution in [-0.4, -0.2) is 53.3 Å². The van der Waals surface area contributed by atoms with Gasteiger partial charge >= 0.3 is 6.18 Å². The molecule has 30 heavy (non-hydrogen) atoms. The number of aromatic nitrogens is 2. The number of piperidine rings is 1. The molecular weight excluding hydrogens is 421 g/mol. The summed E-state index contributed by atoms with van der Waals surface area (Å²) in [5, 5.41) is 6.40. The average molecular weight is 444 g/mol. The van der Waals surface area contributed by atoms with E-state index in [0.29, 0.717) is 17.5 Å². The number of aryl methyl sites for hydroxylation is 1. The number of amides is 1. The number of benzene rings is 1. The van der Waals surface area contributed by atoms with Crippen LogP contribution in [0.1, 0.15) is 41.4 Å². The topological polar surface area (TPSA) is 84.3 Å². The molecule has 1 amide bonds. The molecule has 0 atom stereocenters. The molecular formula is C19H23F3N4O3S. The second kappa shape index (κ2) is 8.38. The first-order valence-electron chi connectivity index (χ1n) is 9.54. The predicted octanol–water partition coefficient (Wildman–Crippen LogP) is 2.74. The van der Waals surface area contributed by atoms with E-state index < -0.39 is 39.4 Å². The van der Waals surface area contributed by atoms with Crippen molar-refractivity contribution in [3.8, 4) is 5.69 Å². The monoisotopic (exact) mass is 444 g/mol. The molecule has 1 N–H and O–H groups in total. The molecule has 2 heterocycles. The number of nitrogens with zero attached hydrogens (tertiary/aromatic N) is 3. The molecule has 1 fully saturated rings. The summed E-state index contributed by atoms with van der Waals surface area (Å²) in [6.07, 6.45) is -3.21. The van der Waals surface area contributed by atoms with Gasteiger partial charge in [0, 0.05) is 19.1 Å². The predicted molar refractivity (Wildman–Crippen MR) is 105 cm³/mol. The Balaban J connectivity index is 1.79. The van der Waals surface area contributed by atoms with E-state index in [4.69, 9.17) is 0 Å². The quantitative estimate of drug-likeness (QED) is 0.769. The Morgan fingerprint density at radius 2 is 1.80 bits per heavy atom. The highest BCUT2D eigenvalue weighted by molar-refractivity contribution is 7.89. The minimum atomic E-state index is -4.79. The standard InChI is InChI=1S/C19H23F3N4O3S/c1-3-30(28,29)25-10-8-14(9-11-25)24-18(27)16-12-23-26(17(16)19(20,21)22)15-6-4-13(2)5-7-15/h4-7,12,14H,3,8-11H2,1-2H3,(H,24,27). The number of hydrogen-bond donors (Lipinski definition) is 1. The van der Waals surface area contributed by atoms with Crippen LogP contribution in [0.2, 0.25) is 0 Å². The van der Waals surface area contributed by atoms with Gasteiger partial charge in [-0.2, -0.15) is 18.3 Å². The first kappa shape index (κ1) is 22.3. The normalized spacial score (nSPS) is 16.6. The SMILES string of the molecule is CCS(=O)(=O)N1CCC(NC(=O)c2cnn(-c3ccc(C)cc3)c2C(F)(F)F)CC1. The third-order valence-corrected chi connectivity index (χ3v) is 6.99. The van der Waals surface area contributed by atoms with Crippen molar-refractivity contribution >= 4 is 15.9 Å². The van der Waals surface area contributed by atoms with Gasteiger partial charge in [-0.3, -0.25) is 4.79 Å². The fourth-order valence-electron chi connectivity index (χ4n) is 3.39. The van der Waals surface area contributed by atoms with Crippen LogP contribution in [0.25, 0.3) is 5.69 Å². The smallest absolute Gasteiger partial charge is 0.349 e. The second-order valence-electron chi connectivity index (χ2n) is 7.20. The van der Waals surface area contributed by atoms with Crippen molar-refractivity contribution in [1.82, 2.24) is 19.4 Å². The maximum Gasteiger partial charge on any atom is 0.434 e. The number of carbonyl (C=O) groups excluding carboxylic acids is 1. The van der Waals surface area contributed by atoms with Gasteiger partial charge < -0.3 is 5.32 Å². The summed E-state index contributed by atoms with van der Waals surface area (Å²) < 4.78 is 67.2. The molecule has 0 aliphatic carbocycles. The zero-order valence-corrected chi connectivity index (χ0v) is 17.4. The molecule has 11 heteroatoms. The number of carbonyl (C=O) groups is 1. The van der Waals surface area contributed by atoms with Crippen LogP contribution in [0.15, 0.2) is 30.5 Å². The van der Waals surface area contributed by atoms with Crippen LogP contribution in [0.5, 0.6) is 0 Å². The first-order valence-corrected chi connectivity index (χ1v) is 11.1. The van der Waals surface area contributed by atoms with Gasteiger partial charge in [-0.25, -0.2) is 17.4 Å². The molecule has 1 aliphatic heterocycles. The van der Waals surface area contributed by atoms with Crippen molar-refractivity contribution in [2.75, 3.05) is 18.8 Å². The third kappa shape index (κ3) is 4.67. The van der Waals surface area contributed by atoms with E-state index in [1.54, 1.807) is 19.1 Å². The minimum Gasteiger partial charge on any atom is -0.349 e. The fraction of sp³-hybridized carbons (Fsp3) is 0.474. The number of halogens is 3. The van der Waals surface area contributed by atoms with Crippen LogP contribution in [-0.2, 0) is 16.2 Å². The molecule has 3 rings (SSSR count). The molecule has 1 aliphatic rings. The second-order valence-corrected chi connectivity index (χ2v) is 9.46. The lowest BCUT2D eigenvalue weighted by atomic mass is 10.1. The lowest BCUT2D eigenvalue weighted by Crippen LogP contribution is -2.47. The van der Waals surface area contributed by atoms with Crippen molar-refractivity contribution in [3.05, 3.63) is 47.3 Å². The summed E-state index contributed by atoms with van der Waals surface area (Å²) in [5.74, 6) is -0.894. The number of rotatable bonds is 5. The molecule has 0 unspecified atom stereocenters. The van der Waals surface area contributed by atoms with E-state index in [1.807, 2.05) is 6.92 Å². The van der Waals surface area contributed by atoms with Crippen molar-refractivity contribution in [2.45, 2.75) is 38.9 Å². The summed E-state index contributed by atoms with van der Waals surface area (Å²) in [5.41, 5.74) is -0.625. The summed E-state index contributed by atoms with van der Waals surface area (Å²) in [6.45, 7) is 3.80. The minimum absolute atomic E-state index is 0.0167. The Morgan fingerprint density at radius 1 is 1.20 bits per heavy atom. The summed E-state index contributed by atoms with van der Waals surface area (Å²) in [7, 11) is -3.32. The van der Waals surface area contributed by atoms with E-state index in [1.165, 1.54) is 16.4 Å². The first-order chi connectivity index (χ1) is 14.0. The molecule has 0 saturated carbocycles. The van der Waals surface area contributed by atoms with Crippen LogP contribution in [0.4, 0.5) is 13.2 Å². The highest BCUT2D eigenvalue weighted by Crippen LogP contribution is 2.34. The number of hydrogen-bond acceptors (Lipinski definition) is 4. The lowest BCUT2D eigenvalue weighted by molar-refractivity contribution is -0.143. The van der Waals surface area contributed by atoms with Crippen LogP contribution < -0.4 is 5.32 Å². The van der Waals surface area contributed by atoms with Crippen molar-refractivity contribution in [1.29, 1.82) is 0 Å². The molecule has 1 aromatic carbocycles. The summed E-state index contributed by atoms with van der Waals surface area (Å²) in [6, 6.07) is 5.92. The Morgan fingerprint density at radius 3 is 2.33 bits per heavy atom. The van der Waals surface area contributed by atoms with Crippen LogP contribution >= 0.6 is 0 Å². The molecule has 164 valence electrons. The average Bonchev–Trinajstić information content (AvgIpc) is 3.15. The number of alkyl halides is 3. The molecule has 2 aromatic rings. The van der Waals surface area contributed by atoms with E-state index in [9.17, 15) is 26.4 Å². The van der Waals surface area contributed by atoms with E-state index >= 15 is 0 Å². The Bertz CT molecular complexity index is 1010. The van der Waals surface area contributed by atoms with Crippen molar-refractivity contribution in [2.24, 2.45) is 0 Å². The molecule has 0 spiro atoms. The summed E-state index contributed by atoms with van der Waals surface area (Å²) >= 11 is 0. The molecule has 7 nitrogen and oxygen atoms in total. The van der Waals surface area contributed by atoms with Gasteiger partial charge in [0.25, 0.3) is 5.91 Å². The summed E-state index contributed by atoms with van der Waals surface area (Å²) in [4.78, 5) is 12.6. The highest BCUT2D eigenvalue weighted by Gasteiger charge is 2.41. The van der Waals surface area contributed by atoms with Gasteiger partial charge in [0.2, 0.25) is 10.0 Å². The maximum atomic E-state index is 13.8. The van der Waals surface area contributed by atoms with Gasteiger partial charge in [-0.15, -0.1) is 0 Å². The number of sulfonamides is 1. The van der Waals surface area contributed by atoms with Crippen LogP contribution in [0.3, 0.4) is 0 Å². The Hall–Kier alpha value is -2.40. The fourth-order valence-corrected chi connectivity index (χ4v) is 4.53. The lowest BCUT2D eigenvalue weighted by Gasteiger charge is -2.31. The largest absolute Gasteiger partial charge is 0.434 e. The number of nitrogens with one attached hydrogen (secondary N) is 1. The van der Waals surface area contributed by atoms with Crippen molar-refractivity contribution in [3.63, 3.8) is 0 Å². The molecule has 0 radical (unpaired) electrons. The van der Waals surface area contributed by atoms with Gasteiger partial charge in [0.05, 0.1) is 23.2 Å². The Kier molecular flexibility index (Phi) is 6.23.